The van der Waals surface area contributed by atoms with Crippen LogP contribution in [0, 0.1) is 11.3 Å². The fourth-order valence-corrected chi connectivity index (χ4v) is 1.74. The van der Waals surface area contributed by atoms with Gasteiger partial charge in [-0.2, -0.15) is 5.26 Å². The normalized spacial score (nSPS) is 44.9. The molecular formula is C7H11N3. The third-order valence-electron chi connectivity index (χ3n) is 2.43. The first-order valence-electron chi connectivity index (χ1n) is 3.76. The Morgan fingerprint density at radius 3 is 2.20 bits per heavy atom. The summed E-state index contributed by atoms with van der Waals surface area (Å²) in [5, 5.41) is 8.69. The summed E-state index contributed by atoms with van der Waals surface area (Å²) in [7, 11) is 0. The zero-order valence-corrected chi connectivity index (χ0v) is 5.95. The molecule has 0 spiro atoms. The maximum atomic E-state index is 8.69. The summed E-state index contributed by atoms with van der Waals surface area (Å²) in [5.41, 5.74) is 0. The van der Waals surface area contributed by atoms with Crippen LogP contribution in [0.2, 0.25) is 0 Å². The molecule has 10 heavy (non-hydrogen) atoms. The van der Waals surface area contributed by atoms with Gasteiger partial charge in [0.2, 0.25) is 0 Å². The third kappa shape index (κ3) is 0.808. The molecule has 0 N–H and O–H groups in total. The molecule has 0 aliphatic carbocycles. The van der Waals surface area contributed by atoms with Crippen molar-refractivity contribution < 1.29 is 0 Å². The summed E-state index contributed by atoms with van der Waals surface area (Å²) in [6.07, 6.45) is 0. The molecule has 3 nitrogen and oxygen atoms in total. The van der Waals surface area contributed by atoms with E-state index in [-0.39, 0.29) is 6.04 Å². The number of piperazine rings is 3. The summed E-state index contributed by atoms with van der Waals surface area (Å²) in [4.78, 5) is 4.65. The van der Waals surface area contributed by atoms with Crippen molar-refractivity contribution in [3.8, 4) is 6.07 Å². The molecule has 0 aromatic heterocycles. The quantitative estimate of drug-likeness (QED) is 0.451. The highest BCUT2D eigenvalue weighted by Gasteiger charge is 2.31. The Morgan fingerprint density at radius 2 is 1.90 bits per heavy atom. The van der Waals surface area contributed by atoms with Gasteiger partial charge in [0, 0.05) is 32.7 Å². The van der Waals surface area contributed by atoms with E-state index in [1.54, 1.807) is 0 Å². The van der Waals surface area contributed by atoms with E-state index in [9.17, 15) is 0 Å². The fraction of sp³-hybridized carbons (Fsp3) is 0.857. The van der Waals surface area contributed by atoms with Crippen molar-refractivity contribution >= 4 is 0 Å². The number of hydrogen-bond donors (Lipinski definition) is 0. The summed E-state index contributed by atoms with van der Waals surface area (Å²) in [6, 6.07) is 2.50. The molecule has 3 saturated heterocycles. The highest BCUT2D eigenvalue weighted by atomic mass is 15.3. The lowest BCUT2D eigenvalue weighted by molar-refractivity contribution is 0.0362. The molecule has 3 aliphatic heterocycles. The third-order valence-corrected chi connectivity index (χ3v) is 2.43. The van der Waals surface area contributed by atoms with Crippen molar-refractivity contribution in [3.63, 3.8) is 0 Å². The number of nitriles is 1. The molecule has 1 atom stereocenters. The molecule has 0 aromatic rings. The molecule has 0 saturated carbocycles. The molecule has 1 unspecified atom stereocenters. The molecule has 3 heteroatoms. The van der Waals surface area contributed by atoms with Gasteiger partial charge in [0.05, 0.1) is 6.07 Å². The monoisotopic (exact) mass is 137 g/mol. The molecule has 3 aliphatic rings. The molecule has 0 radical (unpaired) electrons. The molecule has 3 rings (SSSR count). The van der Waals surface area contributed by atoms with E-state index in [2.05, 4.69) is 15.9 Å². The smallest absolute Gasteiger partial charge is 0.111 e. The van der Waals surface area contributed by atoms with Crippen LogP contribution in [0.5, 0.6) is 0 Å². The Balaban J connectivity index is 2.09. The van der Waals surface area contributed by atoms with Crippen molar-refractivity contribution in [1.29, 1.82) is 5.26 Å². The van der Waals surface area contributed by atoms with Crippen LogP contribution in [-0.4, -0.2) is 48.6 Å². The van der Waals surface area contributed by atoms with Crippen LogP contribution in [0.15, 0.2) is 0 Å². The largest absolute Gasteiger partial charge is 0.298 e. The van der Waals surface area contributed by atoms with Crippen molar-refractivity contribution in [3.05, 3.63) is 0 Å². The van der Waals surface area contributed by atoms with Crippen molar-refractivity contribution in [2.75, 3.05) is 32.7 Å². The second-order valence-electron chi connectivity index (χ2n) is 2.98. The Labute approximate surface area is 60.8 Å². The summed E-state index contributed by atoms with van der Waals surface area (Å²) in [6.45, 7) is 5.49. The van der Waals surface area contributed by atoms with E-state index in [0.717, 1.165) is 32.7 Å². The Morgan fingerprint density at radius 1 is 1.20 bits per heavy atom. The van der Waals surface area contributed by atoms with E-state index in [4.69, 9.17) is 5.26 Å². The lowest BCUT2D eigenvalue weighted by Crippen LogP contribution is -2.60. The van der Waals surface area contributed by atoms with Crippen molar-refractivity contribution in [2.24, 2.45) is 0 Å². The minimum atomic E-state index is 0.183. The van der Waals surface area contributed by atoms with Gasteiger partial charge in [0.1, 0.15) is 6.04 Å². The zero-order valence-electron chi connectivity index (χ0n) is 5.95. The van der Waals surface area contributed by atoms with Crippen LogP contribution in [-0.2, 0) is 0 Å². The minimum absolute atomic E-state index is 0.183. The summed E-state index contributed by atoms with van der Waals surface area (Å²) in [5.74, 6) is 0. The standard InChI is InChI=1S/C7H11N3/c8-5-7-6-9-1-3-10(7)4-2-9/h7H,1-4,6H2. The number of fused-ring (bicyclic) bond motifs is 3. The second kappa shape index (κ2) is 2.22. The first kappa shape index (κ1) is 6.14. The van der Waals surface area contributed by atoms with Crippen LogP contribution in [0.4, 0.5) is 0 Å². The lowest BCUT2D eigenvalue weighted by atomic mass is 10.1. The van der Waals surface area contributed by atoms with E-state index in [1.807, 2.05) is 0 Å². The zero-order chi connectivity index (χ0) is 6.97. The lowest BCUT2D eigenvalue weighted by Gasteiger charge is -2.44. The highest BCUT2D eigenvalue weighted by Crippen LogP contribution is 2.14. The molecule has 54 valence electrons. The molecule has 3 heterocycles. The predicted molar refractivity (Wildman–Crippen MR) is 37.4 cm³/mol. The van der Waals surface area contributed by atoms with Crippen LogP contribution in [0.25, 0.3) is 0 Å². The minimum Gasteiger partial charge on any atom is -0.298 e. The van der Waals surface area contributed by atoms with Crippen LogP contribution < -0.4 is 0 Å². The molecule has 0 aromatic carbocycles. The van der Waals surface area contributed by atoms with Crippen molar-refractivity contribution in [1.82, 2.24) is 9.80 Å². The van der Waals surface area contributed by atoms with E-state index in [1.165, 1.54) is 0 Å². The molecule has 2 bridgehead atoms. The maximum absolute atomic E-state index is 8.69. The van der Waals surface area contributed by atoms with Gasteiger partial charge in [-0.3, -0.25) is 9.80 Å². The predicted octanol–water partition coefficient (Wildman–Crippen LogP) is -0.490. The second-order valence-corrected chi connectivity index (χ2v) is 2.98. The first-order valence-corrected chi connectivity index (χ1v) is 3.76. The van der Waals surface area contributed by atoms with Gasteiger partial charge in [-0.05, 0) is 0 Å². The van der Waals surface area contributed by atoms with Gasteiger partial charge in [0.15, 0.2) is 0 Å². The van der Waals surface area contributed by atoms with E-state index in [0.29, 0.717) is 0 Å². The van der Waals surface area contributed by atoms with E-state index >= 15 is 0 Å². The van der Waals surface area contributed by atoms with Gasteiger partial charge in [-0.1, -0.05) is 0 Å². The molecule has 3 fully saturated rings. The summed E-state index contributed by atoms with van der Waals surface area (Å²) >= 11 is 0. The van der Waals surface area contributed by atoms with Gasteiger partial charge in [-0.15, -0.1) is 0 Å². The fourth-order valence-electron chi connectivity index (χ4n) is 1.74. The van der Waals surface area contributed by atoms with Crippen LogP contribution in [0.1, 0.15) is 0 Å². The number of rotatable bonds is 0. The van der Waals surface area contributed by atoms with Crippen LogP contribution in [0.3, 0.4) is 0 Å². The average molecular weight is 137 g/mol. The maximum Gasteiger partial charge on any atom is 0.111 e. The average Bonchev–Trinajstić information content (AvgIpc) is 2.06. The molecular weight excluding hydrogens is 126 g/mol. The Bertz CT molecular complexity index is 164. The number of hydrogen-bond acceptors (Lipinski definition) is 3. The van der Waals surface area contributed by atoms with Gasteiger partial charge >= 0.3 is 0 Å². The topological polar surface area (TPSA) is 30.3 Å². The molecule has 0 amide bonds. The van der Waals surface area contributed by atoms with E-state index < -0.39 is 0 Å². The summed E-state index contributed by atoms with van der Waals surface area (Å²) < 4.78 is 0. The van der Waals surface area contributed by atoms with Gasteiger partial charge in [0.25, 0.3) is 0 Å². The SMILES string of the molecule is N#CC1CN2CCN1CC2. The highest BCUT2D eigenvalue weighted by molar-refractivity contribution is 5.00. The van der Waals surface area contributed by atoms with Crippen LogP contribution >= 0.6 is 0 Å². The Kier molecular flexibility index (Phi) is 1.37. The number of nitrogens with zero attached hydrogens (tertiary/aromatic N) is 3. The van der Waals surface area contributed by atoms with Gasteiger partial charge < -0.3 is 0 Å². The van der Waals surface area contributed by atoms with Gasteiger partial charge in [-0.25, -0.2) is 0 Å². The van der Waals surface area contributed by atoms with Crippen molar-refractivity contribution in [2.45, 2.75) is 6.04 Å². The Hall–Kier alpha value is -0.590. The first-order chi connectivity index (χ1) is 4.90.